The lowest BCUT2D eigenvalue weighted by Gasteiger charge is -2.06. The number of rotatable bonds is 3. The van der Waals surface area contributed by atoms with E-state index >= 15 is 0 Å². The molecule has 0 fully saturated rings. The summed E-state index contributed by atoms with van der Waals surface area (Å²) in [5.74, 6) is 0.830. The van der Waals surface area contributed by atoms with Crippen LogP contribution in [0, 0.1) is 13.8 Å². The first kappa shape index (κ1) is 13.2. The van der Waals surface area contributed by atoms with Crippen LogP contribution in [0.25, 0.3) is 0 Å². The first-order valence-corrected chi connectivity index (χ1v) is 6.62. The van der Waals surface area contributed by atoms with Crippen molar-refractivity contribution in [2.24, 2.45) is 0 Å². The van der Waals surface area contributed by atoms with Gasteiger partial charge in [0.2, 0.25) is 0 Å². The molecule has 5 heteroatoms. The summed E-state index contributed by atoms with van der Waals surface area (Å²) in [6, 6.07) is 7.75. The van der Waals surface area contributed by atoms with Crippen LogP contribution in [-0.4, -0.2) is 17.1 Å². The van der Waals surface area contributed by atoms with Crippen molar-refractivity contribution in [3.63, 3.8) is 0 Å². The summed E-state index contributed by atoms with van der Waals surface area (Å²) in [6.45, 7) is 3.83. The summed E-state index contributed by atoms with van der Waals surface area (Å²) in [5.41, 5.74) is 1.76. The Balaban J connectivity index is 2.25. The molecule has 1 aromatic carbocycles. The third-order valence-corrected chi connectivity index (χ3v) is 3.87. The molecule has 0 amide bonds. The Morgan fingerprint density at radius 3 is 2.28 bits per heavy atom. The summed E-state index contributed by atoms with van der Waals surface area (Å²) < 4.78 is 5.11. The number of benzene rings is 1. The zero-order valence-corrected chi connectivity index (χ0v) is 12.0. The van der Waals surface area contributed by atoms with Crippen molar-refractivity contribution in [2.75, 3.05) is 7.11 Å². The molecule has 0 N–H and O–H groups in total. The van der Waals surface area contributed by atoms with Crippen LogP contribution in [0.2, 0.25) is 5.15 Å². The van der Waals surface area contributed by atoms with Crippen molar-refractivity contribution in [2.45, 2.75) is 23.8 Å². The number of aryl methyl sites for hydroxylation is 2. The molecule has 1 heterocycles. The van der Waals surface area contributed by atoms with Crippen molar-refractivity contribution in [1.82, 2.24) is 9.97 Å². The lowest BCUT2D eigenvalue weighted by Crippen LogP contribution is -1.95. The molecule has 0 aliphatic heterocycles. The molecule has 0 radical (unpaired) electrons. The fraction of sp³-hybridized carbons (Fsp3) is 0.231. The molecule has 1 aromatic heterocycles. The quantitative estimate of drug-likeness (QED) is 0.854. The number of methoxy groups -OCH3 is 1. The molecular formula is C13H13ClN2OS. The summed E-state index contributed by atoms with van der Waals surface area (Å²) in [4.78, 5) is 9.76. The molecule has 0 bridgehead atoms. The van der Waals surface area contributed by atoms with Gasteiger partial charge in [-0.25, -0.2) is 9.97 Å². The van der Waals surface area contributed by atoms with Gasteiger partial charge in [-0.15, -0.1) is 0 Å². The van der Waals surface area contributed by atoms with Gasteiger partial charge in [-0.3, -0.25) is 0 Å². The third-order valence-electron chi connectivity index (χ3n) is 2.51. The van der Waals surface area contributed by atoms with Gasteiger partial charge in [-0.1, -0.05) is 23.4 Å². The Morgan fingerprint density at radius 1 is 1.06 bits per heavy atom. The molecule has 0 saturated carbocycles. The van der Waals surface area contributed by atoms with Gasteiger partial charge in [0.15, 0.2) is 5.15 Å². The lowest BCUT2D eigenvalue weighted by molar-refractivity contribution is 0.414. The van der Waals surface area contributed by atoms with Gasteiger partial charge in [0.25, 0.3) is 0 Å². The molecule has 2 aromatic rings. The second-order valence-corrected chi connectivity index (χ2v) is 5.19. The first-order valence-electron chi connectivity index (χ1n) is 5.43. The van der Waals surface area contributed by atoms with E-state index in [-0.39, 0.29) is 0 Å². The zero-order chi connectivity index (χ0) is 13.1. The Hall–Kier alpha value is -1.26. The monoisotopic (exact) mass is 280 g/mol. The zero-order valence-electron chi connectivity index (χ0n) is 10.4. The largest absolute Gasteiger partial charge is 0.497 e. The van der Waals surface area contributed by atoms with Crippen LogP contribution in [-0.2, 0) is 0 Å². The van der Waals surface area contributed by atoms with Crippen molar-refractivity contribution in [3.8, 4) is 5.75 Å². The normalized spacial score (nSPS) is 10.4. The topological polar surface area (TPSA) is 35.0 Å². The molecule has 94 valence electrons. The average molecular weight is 281 g/mol. The highest BCUT2D eigenvalue weighted by molar-refractivity contribution is 7.99. The highest BCUT2D eigenvalue weighted by Gasteiger charge is 2.08. The molecule has 0 aliphatic rings. The fourth-order valence-electron chi connectivity index (χ4n) is 1.38. The Morgan fingerprint density at radius 2 is 1.67 bits per heavy atom. The average Bonchev–Trinajstić information content (AvgIpc) is 2.37. The van der Waals surface area contributed by atoms with E-state index in [4.69, 9.17) is 16.3 Å². The number of hydrogen-bond donors (Lipinski definition) is 0. The van der Waals surface area contributed by atoms with Crippen LogP contribution in [0.4, 0.5) is 0 Å². The van der Waals surface area contributed by atoms with Crippen molar-refractivity contribution < 1.29 is 4.74 Å². The molecule has 0 aliphatic carbocycles. The van der Waals surface area contributed by atoms with Gasteiger partial charge in [0.1, 0.15) is 10.8 Å². The van der Waals surface area contributed by atoms with E-state index in [2.05, 4.69) is 9.97 Å². The smallest absolute Gasteiger partial charge is 0.161 e. The molecule has 0 unspecified atom stereocenters. The number of hydrogen-bond acceptors (Lipinski definition) is 4. The number of halogens is 1. The van der Waals surface area contributed by atoms with E-state index in [1.54, 1.807) is 7.11 Å². The van der Waals surface area contributed by atoms with E-state index in [1.165, 1.54) is 11.8 Å². The van der Waals surface area contributed by atoms with Gasteiger partial charge in [0, 0.05) is 4.90 Å². The van der Waals surface area contributed by atoms with E-state index in [9.17, 15) is 0 Å². The van der Waals surface area contributed by atoms with Gasteiger partial charge >= 0.3 is 0 Å². The molecule has 18 heavy (non-hydrogen) atoms. The maximum Gasteiger partial charge on any atom is 0.161 e. The standard InChI is InChI=1S/C13H13ClN2OS/c1-8-9(2)16-13(12(14)15-8)18-11-6-4-10(17-3)5-7-11/h4-7H,1-3H3. The predicted octanol–water partition coefficient (Wildman–Crippen LogP) is 3.91. The number of nitrogens with zero attached hydrogens (tertiary/aromatic N) is 2. The number of ether oxygens (including phenoxy) is 1. The van der Waals surface area contributed by atoms with E-state index in [0.29, 0.717) is 5.15 Å². The molecule has 3 nitrogen and oxygen atoms in total. The number of aromatic nitrogens is 2. The van der Waals surface area contributed by atoms with Crippen LogP contribution < -0.4 is 4.74 Å². The molecule has 0 spiro atoms. The summed E-state index contributed by atoms with van der Waals surface area (Å²) >= 11 is 7.59. The summed E-state index contributed by atoms with van der Waals surface area (Å²) in [5, 5.41) is 1.17. The van der Waals surface area contributed by atoms with Crippen molar-refractivity contribution in [3.05, 3.63) is 40.8 Å². The Labute approximate surface area is 116 Å². The van der Waals surface area contributed by atoms with Gasteiger partial charge < -0.3 is 4.74 Å². The minimum atomic E-state index is 0.443. The lowest BCUT2D eigenvalue weighted by atomic mass is 10.3. The summed E-state index contributed by atoms with van der Waals surface area (Å²) in [6.07, 6.45) is 0. The van der Waals surface area contributed by atoms with Gasteiger partial charge in [0.05, 0.1) is 18.5 Å². The fourth-order valence-corrected chi connectivity index (χ4v) is 2.47. The Bertz CT molecular complexity index is 558. The molecule has 2 rings (SSSR count). The first-order chi connectivity index (χ1) is 8.60. The highest BCUT2D eigenvalue weighted by Crippen LogP contribution is 2.32. The van der Waals surface area contributed by atoms with Crippen LogP contribution in [0.1, 0.15) is 11.4 Å². The molecule has 0 saturated heterocycles. The van der Waals surface area contributed by atoms with Crippen LogP contribution in [0.3, 0.4) is 0 Å². The van der Waals surface area contributed by atoms with Crippen molar-refractivity contribution in [1.29, 1.82) is 0 Å². The second kappa shape index (κ2) is 5.59. The van der Waals surface area contributed by atoms with E-state index in [0.717, 1.165) is 27.1 Å². The van der Waals surface area contributed by atoms with Crippen molar-refractivity contribution >= 4 is 23.4 Å². The van der Waals surface area contributed by atoms with Gasteiger partial charge in [-0.2, -0.15) is 0 Å². The van der Waals surface area contributed by atoms with Gasteiger partial charge in [-0.05, 0) is 38.1 Å². The van der Waals surface area contributed by atoms with Crippen LogP contribution in [0.5, 0.6) is 5.75 Å². The maximum atomic E-state index is 6.09. The van der Waals surface area contributed by atoms with E-state index < -0.39 is 0 Å². The van der Waals surface area contributed by atoms with Crippen LogP contribution >= 0.6 is 23.4 Å². The van der Waals surface area contributed by atoms with E-state index in [1.807, 2.05) is 38.1 Å². The maximum absolute atomic E-state index is 6.09. The van der Waals surface area contributed by atoms with Crippen LogP contribution in [0.15, 0.2) is 34.2 Å². The molecular weight excluding hydrogens is 268 g/mol. The minimum absolute atomic E-state index is 0.443. The SMILES string of the molecule is COc1ccc(Sc2nc(C)c(C)nc2Cl)cc1. The second-order valence-electron chi connectivity index (χ2n) is 3.77. The predicted molar refractivity (Wildman–Crippen MR) is 73.6 cm³/mol. The minimum Gasteiger partial charge on any atom is -0.497 e. The molecule has 0 atom stereocenters. The Kier molecular flexibility index (Phi) is 4.09. The summed E-state index contributed by atoms with van der Waals surface area (Å²) in [7, 11) is 1.65. The highest BCUT2D eigenvalue weighted by atomic mass is 35.5. The third kappa shape index (κ3) is 2.94.